The third-order valence-electron chi connectivity index (χ3n) is 3.43. The molecule has 0 saturated carbocycles. The number of hydrogen-bond donors (Lipinski definition) is 1. The monoisotopic (exact) mass is 306 g/mol. The van der Waals surface area contributed by atoms with Gasteiger partial charge in [0, 0.05) is 20.3 Å². The predicted molar refractivity (Wildman–Crippen MR) is 82.2 cm³/mol. The van der Waals surface area contributed by atoms with E-state index in [9.17, 15) is 14.4 Å². The summed E-state index contributed by atoms with van der Waals surface area (Å²) in [5, 5.41) is 2.78. The fourth-order valence-corrected chi connectivity index (χ4v) is 2.25. The lowest BCUT2D eigenvalue weighted by Crippen LogP contribution is -2.38. The van der Waals surface area contributed by atoms with Crippen LogP contribution in [0.1, 0.15) is 19.4 Å². The van der Waals surface area contributed by atoms with Crippen LogP contribution in [0.2, 0.25) is 0 Å². The second-order valence-electron chi connectivity index (χ2n) is 4.76. The van der Waals surface area contributed by atoms with Crippen molar-refractivity contribution in [3.63, 3.8) is 0 Å². The SMILES string of the molecule is CCOC(=O)Nc1c(CC)cnc2c1c(=O)n(C)c(=O)n2C. The molecule has 0 spiro atoms. The van der Waals surface area contributed by atoms with Crippen molar-refractivity contribution in [2.24, 2.45) is 14.1 Å². The second kappa shape index (κ2) is 6.00. The van der Waals surface area contributed by atoms with Crippen LogP contribution in [-0.4, -0.2) is 26.8 Å². The molecule has 2 rings (SSSR count). The molecule has 0 radical (unpaired) electrons. The fraction of sp³-hybridized carbons (Fsp3) is 0.429. The average molecular weight is 306 g/mol. The highest BCUT2D eigenvalue weighted by Gasteiger charge is 2.18. The van der Waals surface area contributed by atoms with Crippen LogP contribution in [0.15, 0.2) is 15.8 Å². The number of hydrogen-bond acceptors (Lipinski definition) is 5. The second-order valence-corrected chi connectivity index (χ2v) is 4.76. The van der Waals surface area contributed by atoms with E-state index in [4.69, 9.17) is 4.74 Å². The highest BCUT2D eigenvalue weighted by atomic mass is 16.5. The molecular weight excluding hydrogens is 288 g/mol. The number of nitrogens with zero attached hydrogens (tertiary/aromatic N) is 3. The average Bonchev–Trinajstić information content (AvgIpc) is 2.50. The normalized spacial score (nSPS) is 10.7. The molecule has 8 heteroatoms. The van der Waals surface area contributed by atoms with Crippen LogP contribution in [0.3, 0.4) is 0 Å². The number of ether oxygens (including phenoxy) is 1. The van der Waals surface area contributed by atoms with E-state index in [1.54, 1.807) is 13.1 Å². The maximum absolute atomic E-state index is 12.4. The molecule has 0 saturated heterocycles. The highest BCUT2D eigenvalue weighted by molar-refractivity contribution is 5.98. The van der Waals surface area contributed by atoms with Gasteiger partial charge in [0.25, 0.3) is 5.56 Å². The molecule has 0 fully saturated rings. The first-order chi connectivity index (χ1) is 10.4. The third kappa shape index (κ3) is 2.47. The van der Waals surface area contributed by atoms with Crippen LogP contribution in [0.25, 0.3) is 11.0 Å². The molecule has 0 atom stereocenters. The lowest BCUT2D eigenvalue weighted by molar-refractivity contribution is 0.168. The molecule has 8 nitrogen and oxygen atoms in total. The number of aromatic nitrogens is 3. The summed E-state index contributed by atoms with van der Waals surface area (Å²) >= 11 is 0. The Hall–Kier alpha value is -2.64. The summed E-state index contributed by atoms with van der Waals surface area (Å²) in [4.78, 5) is 40.3. The first-order valence-electron chi connectivity index (χ1n) is 6.93. The lowest BCUT2D eigenvalue weighted by Gasteiger charge is -2.14. The van der Waals surface area contributed by atoms with Crippen molar-refractivity contribution in [1.29, 1.82) is 0 Å². The minimum absolute atomic E-state index is 0.192. The molecule has 22 heavy (non-hydrogen) atoms. The van der Waals surface area contributed by atoms with E-state index >= 15 is 0 Å². The molecule has 0 aliphatic rings. The maximum atomic E-state index is 12.4. The molecule has 2 heterocycles. The van der Waals surface area contributed by atoms with E-state index in [0.29, 0.717) is 17.7 Å². The van der Waals surface area contributed by atoms with Crippen LogP contribution in [0.4, 0.5) is 10.5 Å². The van der Waals surface area contributed by atoms with Crippen LogP contribution < -0.4 is 16.6 Å². The Balaban J connectivity index is 2.84. The van der Waals surface area contributed by atoms with Gasteiger partial charge in [-0.15, -0.1) is 0 Å². The van der Waals surface area contributed by atoms with Crippen LogP contribution in [-0.2, 0) is 25.3 Å². The first-order valence-corrected chi connectivity index (χ1v) is 6.93. The molecule has 2 aromatic rings. The van der Waals surface area contributed by atoms with E-state index in [0.717, 1.165) is 4.57 Å². The summed E-state index contributed by atoms with van der Waals surface area (Å²) in [6.07, 6.45) is 1.46. The van der Waals surface area contributed by atoms with Crippen molar-refractivity contribution >= 4 is 22.8 Å². The number of aryl methyl sites for hydroxylation is 2. The van der Waals surface area contributed by atoms with Gasteiger partial charge in [0.05, 0.1) is 12.3 Å². The van der Waals surface area contributed by atoms with Gasteiger partial charge in [-0.05, 0) is 18.9 Å². The number of nitrogens with one attached hydrogen (secondary N) is 1. The highest BCUT2D eigenvalue weighted by Crippen LogP contribution is 2.23. The van der Waals surface area contributed by atoms with E-state index in [2.05, 4.69) is 10.3 Å². The van der Waals surface area contributed by atoms with Gasteiger partial charge in [0.2, 0.25) is 0 Å². The summed E-state index contributed by atoms with van der Waals surface area (Å²) in [6, 6.07) is 0. The number of carbonyl (C=O) groups excluding carboxylic acids is 1. The van der Waals surface area contributed by atoms with Crippen LogP contribution in [0.5, 0.6) is 0 Å². The molecule has 0 unspecified atom stereocenters. The van der Waals surface area contributed by atoms with E-state index in [1.165, 1.54) is 18.7 Å². The molecule has 1 amide bonds. The summed E-state index contributed by atoms with van der Waals surface area (Å²) in [7, 11) is 2.91. The van der Waals surface area contributed by atoms with Crippen molar-refractivity contribution in [3.8, 4) is 0 Å². The molecule has 0 bridgehead atoms. The minimum Gasteiger partial charge on any atom is -0.450 e. The molecule has 2 aromatic heterocycles. The largest absolute Gasteiger partial charge is 0.450 e. The van der Waals surface area contributed by atoms with Gasteiger partial charge in [-0.3, -0.25) is 19.2 Å². The Morgan fingerprint density at radius 2 is 1.95 bits per heavy atom. The summed E-state index contributed by atoms with van der Waals surface area (Å²) in [5.74, 6) is 0. The molecular formula is C14H18N4O4. The van der Waals surface area contributed by atoms with Crippen molar-refractivity contribution < 1.29 is 9.53 Å². The van der Waals surface area contributed by atoms with Crippen molar-refractivity contribution in [1.82, 2.24) is 14.1 Å². The molecule has 0 aliphatic heterocycles. The Morgan fingerprint density at radius 1 is 1.27 bits per heavy atom. The van der Waals surface area contributed by atoms with E-state index < -0.39 is 17.3 Å². The number of pyridine rings is 1. The zero-order valence-corrected chi connectivity index (χ0v) is 13.0. The van der Waals surface area contributed by atoms with Gasteiger partial charge in [-0.25, -0.2) is 14.6 Å². The number of fused-ring (bicyclic) bond motifs is 1. The zero-order valence-electron chi connectivity index (χ0n) is 13.0. The maximum Gasteiger partial charge on any atom is 0.411 e. The third-order valence-corrected chi connectivity index (χ3v) is 3.43. The topological polar surface area (TPSA) is 95.2 Å². The van der Waals surface area contributed by atoms with Gasteiger partial charge in [-0.2, -0.15) is 0 Å². The summed E-state index contributed by atoms with van der Waals surface area (Å²) in [5.41, 5.74) is 0.264. The molecule has 0 aliphatic carbocycles. The number of amides is 1. The summed E-state index contributed by atoms with van der Waals surface area (Å²) in [6.45, 7) is 3.78. The zero-order chi connectivity index (χ0) is 16.4. The quantitative estimate of drug-likeness (QED) is 0.903. The predicted octanol–water partition coefficient (Wildman–Crippen LogP) is 0.763. The Labute approximate surface area is 126 Å². The standard InChI is InChI=1S/C14H18N4O4/c1-5-8-7-15-11-9(10(8)16-13(20)22-6-2)12(19)18(4)14(21)17(11)3/h7H,5-6H2,1-4H3,(H,15,16,20). The minimum atomic E-state index is -0.652. The lowest BCUT2D eigenvalue weighted by atomic mass is 10.1. The van der Waals surface area contributed by atoms with Gasteiger partial charge >= 0.3 is 11.8 Å². The van der Waals surface area contributed by atoms with Crippen molar-refractivity contribution in [2.75, 3.05) is 11.9 Å². The van der Waals surface area contributed by atoms with Crippen molar-refractivity contribution in [3.05, 3.63) is 32.6 Å². The van der Waals surface area contributed by atoms with Gasteiger partial charge < -0.3 is 4.74 Å². The molecule has 0 aromatic carbocycles. The Kier molecular flexibility index (Phi) is 4.30. The van der Waals surface area contributed by atoms with Gasteiger partial charge in [0.1, 0.15) is 5.39 Å². The Bertz CT molecular complexity index is 851. The summed E-state index contributed by atoms with van der Waals surface area (Å²) < 4.78 is 7.13. The van der Waals surface area contributed by atoms with Crippen LogP contribution >= 0.6 is 0 Å². The van der Waals surface area contributed by atoms with Crippen LogP contribution in [0, 0.1) is 0 Å². The van der Waals surface area contributed by atoms with E-state index in [1.807, 2.05) is 6.92 Å². The molecule has 118 valence electrons. The fourth-order valence-electron chi connectivity index (χ4n) is 2.25. The van der Waals surface area contributed by atoms with E-state index in [-0.39, 0.29) is 17.6 Å². The number of anilines is 1. The Morgan fingerprint density at radius 3 is 2.55 bits per heavy atom. The van der Waals surface area contributed by atoms with Gasteiger partial charge in [-0.1, -0.05) is 6.92 Å². The number of carbonyl (C=O) groups is 1. The van der Waals surface area contributed by atoms with Gasteiger partial charge in [0.15, 0.2) is 5.65 Å². The molecule has 1 N–H and O–H groups in total. The smallest absolute Gasteiger partial charge is 0.411 e. The number of rotatable bonds is 3. The first kappa shape index (κ1) is 15.7. The van der Waals surface area contributed by atoms with Crippen molar-refractivity contribution in [2.45, 2.75) is 20.3 Å².